The molecule has 1 saturated heterocycles. The number of rotatable bonds is 4. The van der Waals surface area contributed by atoms with Crippen LogP contribution in [-0.4, -0.2) is 38.1 Å². The summed E-state index contributed by atoms with van der Waals surface area (Å²) in [6.45, 7) is 4.31. The lowest BCUT2D eigenvalue weighted by atomic mass is 10.1. The van der Waals surface area contributed by atoms with Crippen LogP contribution in [0.5, 0.6) is 0 Å². The maximum atomic E-state index is 5.92. The second-order valence-electron chi connectivity index (χ2n) is 5.66. The molecule has 2 atom stereocenters. The Morgan fingerprint density at radius 1 is 1.53 bits per heavy atom. The van der Waals surface area contributed by atoms with Crippen molar-refractivity contribution in [3.8, 4) is 0 Å². The number of hydrogen-bond acceptors (Lipinski definition) is 3. The molecular weight excluding hydrogens is 302 g/mol. The molecule has 1 aliphatic rings. The predicted molar refractivity (Wildman–Crippen MR) is 85.7 cm³/mol. The van der Waals surface area contributed by atoms with Crippen molar-refractivity contribution >= 4 is 21.6 Å². The van der Waals surface area contributed by atoms with Crippen molar-refractivity contribution in [3.05, 3.63) is 28.2 Å². The van der Waals surface area contributed by atoms with Gasteiger partial charge < -0.3 is 15.5 Å². The van der Waals surface area contributed by atoms with Gasteiger partial charge in [-0.2, -0.15) is 0 Å². The van der Waals surface area contributed by atoms with E-state index in [-0.39, 0.29) is 6.04 Å². The minimum atomic E-state index is 0.0802. The van der Waals surface area contributed by atoms with Gasteiger partial charge in [-0.25, -0.2) is 0 Å². The lowest BCUT2D eigenvalue weighted by Gasteiger charge is -2.28. The number of hydrogen-bond donors (Lipinski definition) is 1. The molecule has 1 unspecified atom stereocenters. The van der Waals surface area contributed by atoms with Crippen molar-refractivity contribution in [3.63, 3.8) is 0 Å². The Labute approximate surface area is 124 Å². The Morgan fingerprint density at radius 2 is 2.26 bits per heavy atom. The van der Waals surface area contributed by atoms with Crippen LogP contribution in [0.4, 0.5) is 5.69 Å². The van der Waals surface area contributed by atoms with Gasteiger partial charge in [0.1, 0.15) is 0 Å². The number of benzene rings is 1. The molecule has 1 aromatic rings. The van der Waals surface area contributed by atoms with Gasteiger partial charge in [0.15, 0.2) is 0 Å². The summed E-state index contributed by atoms with van der Waals surface area (Å²) in [6, 6.07) is 7.17. The highest BCUT2D eigenvalue weighted by Gasteiger charge is 2.22. The molecule has 2 rings (SSSR count). The zero-order valence-electron chi connectivity index (χ0n) is 12.1. The van der Waals surface area contributed by atoms with Gasteiger partial charge in [0.05, 0.1) is 5.69 Å². The van der Waals surface area contributed by atoms with Gasteiger partial charge >= 0.3 is 0 Å². The van der Waals surface area contributed by atoms with Crippen LogP contribution in [0, 0.1) is 0 Å². The fourth-order valence-electron chi connectivity index (χ4n) is 2.74. The van der Waals surface area contributed by atoms with Crippen molar-refractivity contribution in [2.75, 3.05) is 32.1 Å². The van der Waals surface area contributed by atoms with Crippen molar-refractivity contribution in [1.82, 2.24) is 4.90 Å². The summed E-state index contributed by atoms with van der Waals surface area (Å²) >= 11 is 3.67. The smallest absolute Gasteiger partial charge is 0.0508 e. The second kappa shape index (κ2) is 6.25. The van der Waals surface area contributed by atoms with E-state index < -0.39 is 0 Å². The van der Waals surface area contributed by atoms with Crippen LogP contribution < -0.4 is 10.6 Å². The van der Waals surface area contributed by atoms with E-state index >= 15 is 0 Å². The summed E-state index contributed by atoms with van der Waals surface area (Å²) in [5.41, 5.74) is 8.33. The van der Waals surface area contributed by atoms with E-state index in [1.165, 1.54) is 30.6 Å². The summed E-state index contributed by atoms with van der Waals surface area (Å²) in [7, 11) is 4.39. The third kappa shape index (κ3) is 3.50. The molecule has 1 aliphatic heterocycles. The maximum absolute atomic E-state index is 5.92. The topological polar surface area (TPSA) is 32.5 Å². The molecule has 2 N–H and O–H groups in total. The molecule has 3 nitrogen and oxygen atoms in total. The fourth-order valence-corrected chi connectivity index (χ4v) is 3.44. The zero-order valence-corrected chi connectivity index (χ0v) is 13.7. The van der Waals surface area contributed by atoms with Gasteiger partial charge in [-0.15, -0.1) is 0 Å². The van der Waals surface area contributed by atoms with Crippen molar-refractivity contribution in [2.45, 2.75) is 31.8 Å². The first-order chi connectivity index (χ1) is 8.99. The third-order valence-electron chi connectivity index (χ3n) is 4.06. The number of nitrogens with two attached hydrogens (primary N) is 1. The van der Waals surface area contributed by atoms with Crippen LogP contribution >= 0.6 is 15.9 Å². The molecule has 1 aromatic carbocycles. The summed E-state index contributed by atoms with van der Waals surface area (Å²) in [5.74, 6) is 0. The molecule has 0 bridgehead atoms. The third-order valence-corrected chi connectivity index (χ3v) is 4.70. The Balaban J connectivity index is 2.08. The van der Waals surface area contributed by atoms with Gasteiger partial charge in [0.2, 0.25) is 0 Å². The van der Waals surface area contributed by atoms with Crippen molar-refractivity contribution in [2.24, 2.45) is 5.73 Å². The van der Waals surface area contributed by atoms with Crippen LogP contribution in [0.25, 0.3) is 0 Å². The standard InChI is InChI=1S/C15H24BrN3/c1-11(17)12-6-7-15(14(16)9-12)19(3)10-13-5-4-8-18(13)2/h6-7,9,11,13H,4-5,8,10,17H2,1-3H3/t11-,13?/m0/s1. The van der Waals surface area contributed by atoms with Gasteiger partial charge in [-0.05, 0) is 67.0 Å². The first-order valence-electron chi connectivity index (χ1n) is 6.95. The van der Waals surface area contributed by atoms with Gasteiger partial charge in [0, 0.05) is 30.1 Å². The predicted octanol–water partition coefficient (Wildman–Crippen LogP) is 3.00. The van der Waals surface area contributed by atoms with E-state index in [1.54, 1.807) is 0 Å². The van der Waals surface area contributed by atoms with Crippen LogP contribution in [0.2, 0.25) is 0 Å². The van der Waals surface area contributed by atoms with Crippen LogP contribution in [0.15, 0.2) is 22.7 Å². The minimum absolute atomic E-state index is 0.0802. The highest BCUT2D eigenvalue weighted by molar-refractivity contribution is 9.10. The minimum Gasteiger partial charge on any atom is -0.372 e. The molecule has 19 heavy (non-hydrogen) atoms. The molecule has 4 heteroatoms. The fraction of sp³-hybridized carbons (Fsp3) is 0.600. The molecule has 0 saturated carbocycles. The highest BCUT2D eigenvalue weighted by Crippen LogP contribution is 2.29. The second-order valence-corrected chi connectivity index (χ2v) is 6.51. The summed E-state index contributed by atoms with van der Waals surface area (Å²) in [6.07, 6.45) is 2.62. The molecule has 1 heterocycles. The molecular formula is C15H24BrN3. The SMILES string of the molecule is C[C@H](N)c1ccc(N(C)CC2CCCN2C)c(Br)c1. The van der Waals surface area contributed by atoms with E-state index in [2.05, 4.69) is 58.0 Å². The largest absolute Gasteiger partial charge is 0.372 e. The zero-order chi connectivity index (χ0) is 14.0. The molecule has 106 valence electrons. The lowest BCUT2D eigenvalue weighted by molar-refractivity contribution is 0.314. The number of halogens is 1. The molecule has 0 radical (unpaired) electrons. The van der Waals surface area contributed by atoms with Crippen molar-refractivity contribution in [1.29, 1.82) is 0 Å². The van der Waals surface area contributed by atoms with E-state index in [0.717, 1.165) is 11.0 Å². The summed E-state index contributed by atoms with van der Waals surface area (Å²) in [4.78, 5) is 4.79. The Hall–Kier alpha value is -0.580. The van der Waals surface area contributed by atoms with E-state index in [0.29, 0.717) is 6.04 Å². The van der Waals surface area contributed by atoms with Crippen LogP contribution in [-0.2, 0) is 0 Å². The van der Waals surface area contributed by atoms with E-state index in [9.17, 15) is 0 Å². The Morgan fingerprint density at radius 3 is 2.79 bits per heavy atom. The monoisotopic (exact) mass is 325 g/mol. The van der Waals surface area contributed by atoms with Crippen LogP contribution in [0.1, 0.15) is 31.4 Å². The average molecular weight is 326 g/mol. The van der Waals surface area contributed by atoms with Gasteiger partial charge in [0.25, 0.3) is 0 Å². The first-order valence-corrected chi connectivity index (χ1v) is 7.74. The van der Waals surface area contributed by atoms with Gasteiger partial charge in [-0.1, -0.05) is 6.07 Å². The van der Waals surface area contributed by atoms with Crippen molar-refractivity contribution < 1.29 is 0 Å². The number of anilines is 1. The normalized spacial score (nSPS) is 21.6. The highest BCUT2D eigenvalue weighted by atomic mass is 79.9. The lowest BCUT2D eigenvalue weighted by Crippen LogP contribution is -2.36. The molecule has 0 aromatic heterocycles. The maximum Gasteiger partial charge on any atom is 0.0508 e. The number of nitrogens with zero attached hydrogens (tertiary/aromatic N) is 2. The number of likely N-dealkylation sites (tertiary alicyclic amines) is 1. The summed E-state index contributed by atoms with van der Waals surface area (Å²) in [5, 5.41) is 0. The molecule has 0 aliphatic carbocycles. The Bertz CT molecular complexity index is 433. The molecule has 1 fully saturated rings. The van der Waals surface area contributed by atoms with Crippen LogP contribution in [0.3, 0.4) is 0 Å². The molecule has 0 spiro atoms. The van der Waals surface area contributed by atoms with E-state index in [4.69, 9.17) is 5.73 Å². The summed E-state index contributed by atoms with van der Waals surface area (Å²) < 4.78 is 1.13. The Kier molecular flexibility index (Phi) is 4.87. The molecule has 0 amide bonds. The van der Waals surface area contributed by atoms with Gasteiger partial charge in [-0.3, -0.25) is 0 Å². The number of likely N-dealkylation sites (N-methyl/N-ethyl adjacent to an activating group) is 2. The van der Waals surface area contributed by atoms with E-state index in [1.807, 2.05) is 6.92 Å². The quantitative estimate of drug-likeness (QED) is 0.923. The average Bonchev–Trinajstić information content (AvgIpc) is 2.74. The first kappa shape index (κ1) is 14.8.